The zero-order chi connectivity index (χ0) is 19.7. The number of anilines is 1. The molecule has 1 N–H and O–H groups in total. The van der Waals surface area contributed by atoms with Gasteiger partial charge in [0.25, 0.3) is 0 Å². The lowest BCUT2D eigenvalue weighted by molar-refractivity contribution is 0.0660. The average molecular weight is 399 g/mol. The Morgan fingerprint density at radius 2 is 1.86 bits per heavy atom. The molecule has 28 heavy (non-hydrogen) atoms. The first kappa shape index (κ1) is 18.1. The minimum Gasteiger partial charge on any atom is -0.467 e. The third kappa shape index (κ3) is 3.56. The molecule has 0 unspecified atom stereocenters. The number of hydrogen-bond donors (Lipinski definition) is 1. The second-order valence-electron chi connectivity index (χ2n) is 6.33. The average Bonchev–Trinajstić information content (AvgIpc) is 3.40. The lowest BCUT2D eigenvalue weighted by atomic mass is 10.0. The summed E-state index contributed by atoms with van der Waals surface area (Å²) in [5, 5.41) is 5.80. The van der Waals surface area contributed by atoms with Crippen LogP contribution in [0.5, 0.6) is 0 Å². The fraction of sp³-hybridized carbons (Fsp3) is 0.158. The van der Waals surface area contributed by atoms with E-state index in [9.17, 15) is 13.2 Å². The van der Waals surface area contributed by atoms with Gasteiger partial charge in [0.2, 0.25) is 10.0 Å². The van der Waals surface area contributed by atoms with Gasteiger partial charge < -0.3 is 8.83 Å². The van der Waals surface area contributed by atoms with Gasteiger partial charge in [0.05, 0.1) is 30.2 Å². The number of nitrogens with zero attached hydrogens (tertiary/aromatic N) is 2. The molecular weight excluding hydrogens is 382 g/mol. The smallest absolute Gasteiger partial charge is 0.310 e. The van der Waals surface area contributed by atoms with Crippen LogP contribution in [0, 0.1) is 0 Å². The fourth-order valence-corrected chi connectivity index (χ4v) is 3.68. The number of sulfonamides is 1. The monoisotopic (exact) mass is 399 g/mol. The van der Waals surface area contributed by atoms with E-state index in [0.717, 1.165) is 6.26 Å². The molecule has 1 atom stereocenters. The Morgan fingerprint density at radius 1 is 1.11 bits per heavy atom. The summed E-state index contributed by atoms with van der Waals surface area (Å²) in [7, 11) is -3.47. The number of furan rings is 2. The standard InChI is InChI=1S/C19H17N3O5S/c1-28(24,25)21-14-7-3-2-6-13(14)15-12-16(17-8-4-10-26-17)22(20-15)19(23)18-9-5-11-27-18/h2-11,16,21H,12H2,1H3/t16-/m0/s1. The fourth-order valence-electron chi connectivity index (χ4n) is 3.10. The van der Waals surface area contributed by atoms with Crippen LogP contribution in [0.3, 0.4) is 0 Å². The summed E-state index contributed by atoms with van der Waals surface area (Å²) in [6, 6.07) is 13.1. The van der Waals surface area contributed by atoms with Gasteiger partial charge in [0.1, 0.15) is 11.8 Å². The molecule has 144 valence electrons. The maximum Gasteiger partial charge on any atom is 0.310 e. The van der Waals surface area contributed by atoms with Gasteiger partial charge in [-0.25, -0.2) is 13.4 Å². The van der Waals surface area contributed by atoms with Gasteiger partial charge in [-0.2, -0.15) is 5.10 Å². The Hall–Kier alpha value is -3.33. The summed E-state index contributed by atoms with van der Waals surface area (Å²) in [5.41, 5.74) is 1.56. The second kappa shape index (κ2) is 7.01. The van der Waals surface area contributed by atoms with Crippen molar-refractivity contribution in [2.24, 2.45) is 5.10 Å². The van der Waals surface area contributed by atoms with E-state index in [1.165, 1.54) is 17.5 Å². The molecule has 1 aromatic carbocycles. The summed E-state index contributed by atoms with van der Waals surface area (Å²) < 4.78 is 36.6. The van der Waals surface area contributed by atoms with Crippen LogP contribution in [-0.4, -0.2) is 31.3 Å². The molecule has 0 bridgehead atoms. The number of nitrogens with one attached hydrogen (secondary N) is 1. The van der Waals surface area contributed by atoms with Crippen molar-refractivity contribution in [3.05, 3.63) is 78.1 Å². The minimum atomic E-state index is -3.47. The van der Waals surface area contributed by atoms with Crippen LogP contribution in [0.1, 0.15) is 34.3 Å². The summed E-state index contributed by atoms with van der Waals surface area (Å²) in [5.74, 6) is 0.325. The van der Waals surface area contributed by atoms with Gasteiger partial charge >= 0.3 is 5.91 Å². The zero-order valence-corrected chi connectivity index (χ0v) is 15.7. The molecule has 0 spiro atoms. The van der Waals surface area contributed by atoms with Gasteiger partial charge in [-0.05, 0) is 30.3 Å². The summed E-state index contributed by atoms with van der Waals surface area (Å²) in [6.07, 6.45) is 4.39. The molecule has 9 heteroatoms. The van der Waals surface area contributed by atoms with Crippen molar-refractivity contribution in [2.45, 2.75) is 12.5 Å². The molecule has 3 aromatic rings. The molecule has 0 saturated heterocycles. The third-order valence-electron chi connectivity index (χ3n) is 4.26. The Balaban J connectivity index is 1.75. The molecule has 0 saturated carbocycles. The SMILES string of the molecule is CS(=O)(=O)Nc1ccccc1C1=NN(C(=O)c2ccco2)[C@H](c2ccco2)C1. The van der Waals surface area contributed by atoms with E-state index in [1.807, 2.05) is 0 Å². The number of carbonyl (C=O) groups excluding carboxylic acids is 1. The third-order valence-corrected chi connectivity index (χ3v) is 4.85. The van der Waals surface area contributed by atoms with Crippen LogP contribution in [0.25, 0.3) is 0 Å². The first-order valence-corrected chi connectivity index (χ1v) is 10.4. The van der Waals surface area contributed by atoms with Crippen LogP contribution in [0.2, 0.25) is 0 Å². The van der Waals surface area contributed by atoms with Crippen molar-refractivity contribution in [1.82, 2.24) is 5.01 Å². The Labute approximate surface area is 161 Å². The highest BCUT2D eigenvalue weighted by Crippen LogP contribution is 2.35. The predicted molar refractivity (Wildman–Crippen MR) is 102 cm³/mol. The first-order valence-electron chi connectivity index (χ1n) is 8.47. The van der Waals surface area contributed by atoms with E-state index in [-0.39, 0.29) is 5.76 Å². The predicted octanol–water partition coefficient (Wildman–Crippen LogP) is 3.24. The van der Waals surface area contributed by atoms with Crippen molar-refractivity contribution in [3.63, 3.8) is 0 Å². The van der Waals surface area contributed by atoms with Crippen LogP contribution in [-0.2, 0) is 10.0 Å². The maximum atomic E-state index is 12.9. The van der Waals surface area contributed by atoms with Crippen LogP contribution < -0.4 is 4.72 Å². The van der Waals surface area contributed by atoms with E-state index >= 15 is 0 Å². The van der Waals surface area contributed by atoms with Gasteiger partial charge in [0.15, 0.2) is 5.76 Å². The molecule has 2 aromatic heterocycles. The second-order valence-corrected chi connectivity index (χ2v) is 8.08. The zero-order valence-electron chi connectivity index (χ0n) is 14.9. The molecule has 0 radical (unpaired) electrons. The van der Waals surface area contributed by atoms with Crippen LogP contribution in [0.15, 0.2) is 75.0 Å². The number of hydrazone groups is 1. The highest BCUT2D eigenvalue weighted by atomic mass is 32.2. The number of rotatable bonds is 5. The summed E-state index contributed by atoms with van der Waals surface area (Å²) in [4.78, 5) is 12.9. The van der Waals surface area contributed by atoms with Crippen molar-refractivity contribution in [2.75, 3.05) is 11.0 Å². The molecular formula is C19H17N3O5S. The minimum absolute atomic E-state index is 0.157. The Kier molecular flexibility index (Phi) is 4.52. The number of hydrogen-bond acceptors (Lipinski definition) is 6. The quantitative estimate of drug-likeness (QED) is 0.709. The number of benzene rings is 1. The van der Waals surface area contributed by atoms with Crippen molar-refractivity contribution >= 4 is 27.3 Å². The van der Waals surface area contributed by atoms with Gasteiger partial charge in [-0.15, -0.1) is 0 Å². The van der Waals surface area contributed by atoms with E-state index in [4.69, 9.17) is 8.83 Å². The highest BCUT2D eigenvalue weighted by molar-refractivity contribution is 7.92. The maximum absolute atomic E-state index is 12.9. The van der Waals surface area contributed by atoms with Crippen molar-refractivity contribution < 1.29 is 22.0 Å². The molecule has 0 fully saturated rings. The highest BCUT2D eigenvalue weighted by Gasteiger charge is 2.37. The van der Waals surface area contributed by atoms with Gasteiger partial charge in [-0.3, -0.25) is 9.52 Å². The molecule has 3 heterocycles. The molecule has 0 aliphatic carbocycles. The summed E-state index contributed by atoms with van der Waals surface area (Å²) in [6.45, 7) is 0. The Bertz CT molecular complexity index is 1120. The lowest BCUT2D eigenvalue weighted by Gasteiger charge is -2.18. The normalized spacial score (nSPS) is 16.8. The van der Waals surface area contributed by atoms with Crippen molar-refractivity contribution in [3.8, 4) is 0 Å². The molecule has 1 aliphatic heterocycles. The topological polar surface area (TPSA) is 105 Å². The molecule has 4 rings (SSSR count). The summed E-state index contributed by atoms with van der Waals surface area (Å²) >= 11 is 0. The van der Waals surface area contributed by atoms with E-state index < -0.39 is 22.0 Å². The van der Waals surface area contributed by atoms with Gasteiger partial charge in [-0.1, -0.05) is 18.2 Å². The molecule has 1 amide bonds. The first-order chi connectivity index (χ1) is 13.4. The van der Waals surface area contributed by atoms with Crippen LogP contribution >= 0.6 is 0 Å². The number of amides is 1. The van der Waals surface area contributed by atoms with Crippen LogP contribution in [0.4, 0.5) is 5.69 Å². The van der Waals surface area contributed by atoms with Gasteiger partial charge in [0, 0.05) is 12.0 Å². The molecule has 1 aliphatic rings. The lowest BCUT2D eigenvalue weighted by Crippen LogP contribution is -2.26. The largest absolute Gasteiger partial charge is 0.467 e. The van der Waals surface area contributed by atoms with E-state index in [0.29, 0.717) is 29.1 Å². The number of para-hydroxylation sites is 1. The van der Waals surface area contributed by atoms with E-state index in [2.05, 4.69) is 9.82 Å². The Morgan fingerprint density at radius 3 is 2.54 bits per heavy atom. The number of carbonyl (C=O) groups is 1. The molecule has 8 nitrogen and oxygen atoms in total. The van der Waals surface area contributed by atoms with Crippen molar-refractivity contribution in [1.29, 1.82) is 0 Å². The van der Waals surface area contributed by atoms with E-state index in [1.54, 1.807) is 48.5 Å².